The highest BCUT2D eigenvalue weighted by Crippen LogP contribution is 2.18. The fourth-order valence-electron chi connectivity index (χ4n) is 3.18. The smallest absolute Gasteiger partial charge is 0.326 e. The standard InChI is InChI=1S/C21H28N6O6S/c1-10(18(29)27-16(9-34)20(31)26-15(21(32)33)7-17(23)28)25-19(30)13(22)6-11-8-24-14-5-3-2-4-12(11)14/h2-5,8,10,13,15-16,24,34H,6-7,9,22H2,1H3,(H2,23,28)(H,25,30)(H,26,31)(H,27,29)(H,32,33). The number of rotatable bonds is 12. The molecule has 0 aliphatic carbocycles. The average molecular weight is 493 g/mol. The topological polar surface area (TPSA) is 209 Å². The molecule has 1 heterocycles. The van der Waals surface area contributed by atoms with E-state index in [9.17, 15) is 24.0 Å². The predicted molar refractivity (Wildman–Crippen MR) is 127 cm³/mol. The van der Waals surface area contributed by atoms with Gasteiger partial charge in [0.2, 0.25) is 23.6 Å². The Morgan fingerprint density at radius 1 is 1.03 bits per heavy atom. The van der Waals surface area contributed by atoms with Gasteiger partial charge < -0.3 is 37.5 Å². The number of fused-ring (bicyclic) bond motifs is 1. The molecule has 4 amide bonds. The molecule has 34 heavy (non-hydrogen) atoms. The van der Waals surface area contributed by atoms with E-state index in [0.717, 1.165) is 16.5 Å². The Balaban J connectivity index is 1.92. The maximum atomic E-state index is 12.5. The van der Waals surface area contributed by atoms with Crippen LogP contribution in [0.1, 0.15) is 18.9 Å². The summed E-state index contributed by atoms with van der Waals surface area (Å²) in [5.74, 6) is -4.68. The zero-order chi connectivity index (χ0) is 25.4. The summed E-state index contributed by atoms with van der Waals surface area (Å²) < 4.78 is 0. The average Bonchev–Trinajstić information content (AvgIpc) is 3.18. The van der Waals surface area contributed by atoms with Crippen LogP contribution in [0.15, 0.2) is 30.5 Å². The van der Waals surface area contributed by atoms with Gasteiger partial charge in [0.25, 0.3) is 0 Å². The minimum absolute atomic E-state index is 0.165. The highest BCUT2D eigenvalue weighted by molar-refractivity contribution is 7.80. The molecule has 0 spiro atoms. The number of hydrogen-bond acceptors (Lipinski definition) is 7. The number of nitrogens with one attached hydrogen (secondary N) is 4. The molecule has 184 valence electrons. The Kier molecular flexibility index (Phi) is 9.45. The minimum Gasteiger partial charge on any atom is -0.480 e. The lowest BCUT2D eigenvalue weighted by atomic mass is 10.0. The van der Waals surface area contributed by atoms with Gasteiger partial charge in [-0.15, -0.1) is 0 Å². The second-order valence-electron chi connectivity index (χ2n) is 7.71. The first-order chi connectivity index (χ1) is 16.0. The number of hydrogen-bond donors (Lipinski definition) is 8. The first kappa shape index (κ1) is 26.7. The Labute approximate surface area is 200 Å². The molecule has 0 saturated heterocycles. The van der Waals surface area contributed by atoms with E-state index in [2.05, 4.69) is 33.6 Å². The van der Waals surface area contributed by atoms with Gasteiger partial charge in [-0.2, -0.15) is 12.6 Å². The van der Waals surface area contributed by atoms with Crippen LogP contribution in [-0.4, -0.2) is 69.6 Å². The van der Waals surface area contributed by atoms with Crippen molar-refractivity contribution in [3.05, 3.63) is 36.0 Å². The molecule has 0 aliphatic rings. The third kappa shape index (κ3) is 7.22. The van der Waals surface area contributed by atoms with Gasteiger partial charge in [0.1, 0.15) is 18.1 Å². The molecule has 12 nitrogen and oxygen atoms in total. The molecule has 13 heteroatoms. The summed E-state index contributed by atoms with van der Waals surface area (Å²) in [5.41, 5.74) is 12.8. The molecule has 9 N–H and O–H groups in total. The number of thiol groups is 1. The van der Waals surface area contributed by atoms with Crippen LogP contribution in [0.5, 0.6) is 0 Å². The molecule has 0 radical (unpaired) electrons. The number of benzene rings is 1. The number of carbonyl (C=O) groups excluding carboxylic acids is 4. The number of carboxylic acid groups (broad SMARTS) is 1. The Hall–Kier alpha value is -3.58. The summed E-state index contributed by atoms with van der Waals surface area (Å²) in [7, 11) is 0. The number of para-hydroxylation sites is 1. The fourth-order valence-corrected chi connectivity index (χ4v) is 3.44. The van der Waals surface area contributed by atoms with Crippen LogP contribution in [0.25, 0.3) is 10.9 Å². The van der Waals surface area contributed by atoms with Crippen LogP contribution in [0.3, 0.4) is 0 Å². The predicted octanol–water partition coefficient (Wildman–Crippen LogP) is -1.60. The van der Waals surface area contributed by atoms with Crippen molar-refractivity contribution in [3.63, 3.8) is 0 Å². The second-order valence-corrected chi connectivity index (χ2v) is 8.08. The maximum Gasteiger partial charge on any atom is 0.326 e. The van der Waals surface area contributed by atoms with Gasteiger partial charge in [-0.1, -0.05) is 18.2 Å². The summed E-state index contributed by atoms with van der Waals surface area (Å²) in [6.07, 6.45) is 1.39. The van der Waals surface area contributed by atoms with Gasteiger partial charge in [0.05, 0.1) is 12.5 Å². The summed E-state index contributed by atoms with van der Waals surface area (Å²) in [6.45, 7) is 1.41. The van der Waals surface area contributed by atoms with Crippen molar-refractivity contribution < 1.29 is 29.1 Å². The Morgan fingerprint density at radius 2 is 1.68 bits per heavy atom. The molecule has 0 fully saturated rings. The van der Waals surface area contributed by atoms with E-state index in [4.69, 9.17) is 16.6 Å². The molecule has 4 unspecified atom stereocenters. The van der Waals surface area contributed by atoms with Gasteiger partial charge in [-0.05, 0) is 25.0 Å². The van der Waals surface area contributed by atoms with Crippen LogP contribution in [0, 0.1) is 0 Å². The van der Waals surface area contributed by atoms with E-state index >= 15 is 0 Å². The van der Waals surface area contributed by atoms with E-state index in [0.29, 0.717) is 0 Å². The number of H-pyrrole nitrogens is 1. The normalized spacial score (nSPS) is 14.4. The first-order valence-corrected chi connectivity index (χ1v) is 11.0. The number of aromatic nitrogens is 1. The number of primary amides is 1. The van der Waals surface area contributed by atoms with Crippen LogP contribution < -0.4 is 27.4 Å². The van der Waals surface area contributed by atoms with E-state index in [1.165, 1.54) is 6.92 Å². The van der Waals surface area contributed by atoms with Crippen molar-refractivity contribution in [2.24, 2.45) is 11.5 Å². The SMILES string of the molecule is CC(NC(=O)C(N)Cc1c[nH]c2ccccc12)C(=O)NC(CS)C(=O)NC(CC(N)=O)C(=O)O. The van der Waals surface area contributed by atoms with Crippen LogP contribution in [-0.2, 0) is 30.4 Å². The Morgan fingerprint density at radius 3 is 2.29 bits per heavy atom. The van der Waals surface area contributed by atoms with Gasteiger partial charge >= 0.3 is 5.97 Å². The van der Waals surface area contributed by atoms with Crippen LogP contribution in [0.2, 0.25) is 0 Å². The zero-order valence-electron chi connectivity index (χ0n) is 18.4. The summed E-state index contributed by atoms with van der Waals surface area (Å²) in [4.78, 5) is 62.6. The molecular formula is C21H28N6O6S. The van der Waals surface area contributed by atoms with Crippen LogP contribution in [0.4, 0.5) is 0 Å². The molecule has 0 aliphatic heterocycles. The zero-order valence-corrected chi connectivity index (χ0v) is 19.3. The molecule has 0 saturated carbocycles. The molecular weight excluding hydrogens is 464 g/mol. The van der Waals surface area contributed by atoms with E-state index < -0.39 is 60.2 Å². The highest BCUT2D eigenvalue weighted by Gasteiger charge is 2.29. The number of aliphatic carboxylic acids is 1. The monoisotopic (exact) mass is 492 g/mol. The first-order valence-electron chi connectivity index (χ1n) is 10.4. The van der Waals surface area contributed by atoms with Crippen molar-refractivity contribution in [1.82, 2.24) is 20.9 Å². The number of carbonyl (C=O) groups is 5. The summed E-state index contributed by atoms with van der Waals surface area (Å²) in [5, 5.41) is 17.1. The lowest BCUT2D eigenvalue weighted by Gasteiger charge is -2.22. The summed E-state index contributed by atoms with van der Waals surface area (Å²) >= 11 is 4.00. The number of carboxylic acids is 1. The largest absolute Gasteiger partial charge is 0.480 e. The van der Waals surface area contributed by atoms with Crippen molar-refractivity contribution in [2.45, 2.75) is 43.9 Å². The lowest BCUT2D eigenvalue weighted by molar-refractivity contribution is -0.143. The molecule has 2 aromatic rings. The molecule has 1 aromatic carbocycles. The van der Waals surface area contributed by atoms with E-state index in [1.54, 1.807) is 6.20 Å². The quantitative estimate of drug-likeness (QED) is 0.163. The lowest BCUT2D eigenvalue weighted by Crippen LogP contribution is -2.57. The van der Waals surface area contributed by atoms with Crippen LogP contribution >= 0.6 is 12.6 Å². The van der Waals surface area contributed by atoms with Gasteiger partial charge in [-0.25, -0.2) is 4.79 Å². The second kappa shape index (κ2) is 12.0. The number of amides is 4. The van der Waals surface area contributed by atoms with Gasteiger partial charge in [0, 0.05) is 22.9 Å². The van der Waals surface area contributed by atoms with Crippen molar-refractivity contribution in [3.8, 4) is 0 Å². The van der Waals surface area contributed by atoms with E-state index in [1.807, 2.05) is 24.3 Å². The number of nitrogens with two attached hydrogens (primary N) is 2. The van der Waals surface area contributed by atoms with E-state index in [-0.39, 0.29) is 12.2 Å². The van der Waals surface area contributed by atoms with Gasteiger partial charge in [-0.3, -0.25) is 19.2 Å². The minimum atomic E-state index is -1.55. The molecule has 4 atom stereocenters. The summed E-state index contributed by atoms with van der Waals surface area (Å²) in [6, 6.07) is 2.82. The van der Waals surface area contributed by atoms with Crippen molar-refractivity contribution in [2.75, 3.05) is 5.75 Å². The maximum absolute atomic E-state index is 12.5. The van der Waals surface area contributed by atoms with Crippen molar-refractivity contribution >= 4 is 53.1 Å². The molecule has 1 aromatic heterocycles. The van der Waals surface area contributed by atoms with Crippen molar-refractivity contribution in [1.29, 1.82) is 0 Å². The third-order valence-corrected chi connectivity index (χ3v) is 5.40. The highest BCUT2D eigenvalue weighted by atomic mass is 32.1. The van der Waals surface area contributed by atoms with Gasteiger partial charge in [0.15, 0.2) is 0 Å². The molecule has 0 bridgehead atoms. The Bertz CT molecular complexity index is 1070. The number of aromatic amines is 1. The fraction of sp³-hybridized carbons (Fsp3) is 0.381. The molecule has 2 rings (SSSR count). The third-order valence-electron chi connectivity index (χ3n) is 5.04.